The third kappa shape index (κ3) is 2.81. The number of aromatic nitrogens is 2. The van der Waals surface area contributed by atoms with Gasteiger partial charge in [0.1, 0.15) is 11.6 Å². The number of H-pyrrole nitrogens is 1. The normalized spacial score (nSPS) is 22.0. The van der Waals surface area contributed by atoms with E-state index in [4.69, 9.17) is 22.4 Å². The van der Waals surface area contributed by atoms with E-state index in [0.717, 1.165) is 5.70 Å². The van der Waals surface area contributed by atoms with Crippen molar-refractivity contribution in [3.63, 3.8) is 0 Å². The summed E-state index contributed by atoms with van der Waals surface area (Å²) >= 11 is 6.40. The Bertz CT molecular complexity index is 1080. The number of hydrogen-bond donors (Lipinski definition) is 2. The number of Topliss-reactive ketones (excluding diaryl/α,β-unsaturated/α-hetero) is 1. The molecule has 2 aliphatic rings. The zero-order valence-electron chi connectivity index (χ0n) is 14.8. The molecule has 0 saturated heterocycles. The van der Waals surface area contributed by atoms with Gasteiger partial charge in [-0.05, 0) is 36.2 Å². The van der Waals surface area contributed by atoms with Gasteiger partial charge in [0.15, 0.2) is 9.74 Å². The molecular weight excluding hydrogens is 382 g/mol. The predicted octanol–water partition coefficient (Wildman–Crippen LogP) is 3.73. The number of aromatic amines is 1. The predicted molar refractivity (Wildman–Crippen MR) is 103 cm³/mol. The maximum absolute atomic E-state index is 13.2. The molecule has 1 atom stereocenters. The van der Waals surface area contributed by atoms with Gasteiger partial charge in [0.2, 0.25) is 5.13 Å². The molecule has 4 rings (SSSR count). The first-order valence-electron chi connectivity index (χ1n) is 8.37. The second kappa shape index (κ2) is 6.18. The molecule has 0 saturated carbocycles. The van der Waals surface area contributed by atoms with E-state index in [2.05, 4.69) is 16.3 Å². The fraction of sp³-hybridized carbons (Fsp3) is 0.333. The van der Waals surface area contributed by atoms with Crippen molar-refractivity contribution in [2.45, 2.75) is 32.6 Å². The van der Waals surface area contributed by atoms with Crippen LogP contribution in [0, 0.1) is 20.7 Å². The number of anilines is 1. The Morgan fingerprint density at radius 2 is 2.30 bits per heavy atom. The minimum Gasteiger partial charge on any atom is -0.468 e. The van der Waals surface area contributed by atoms with Crippen molar-refractivity contribution < 1.29 is 9.21 Å². The molecule has 0 spiro atoms. The topological polar surface area (TPSA) is 112 Å². The lowest BCUT2D eigenvalue weighted by Gasteiger charge is -2.42. The van der Waals surface area contributed by atoms with E-state index in [0.29, 0.717) is 33.3 Å². The Labute approximate surface area is 164 Å². The zero-order valence-corrected chi connectivity index (χ0v) is 16.4. The third-order valence-corrected chi connectivity index (χ3v) is 5.90. The van der Waals surface area contributed by atoms with Crippen LogP contribution >= 0.6 is 23.6 Å². The summed E-state index contributed by atoms with van der Waals surface area (Å²) in [5.41, 5.74) is 7.78. The number of carbonyl (C=O) groups excluding carboxylic acids is 1. The maximum Gasteiger partial charge on any atom is 0.216 e. The van der Waals surface area contributed by atoms with Gasteiger partial charge in [-0.3, -0.25) is 14.8 Å². The van der Waals surface area contributed by atoms with Gasteiger partial charge in [0, 0.05) is 17.7 Å². The molecule has 1 aliphatic heterocycles. The second-order valence-electron chi connectivity index (χ2n) is 7.39. The van der Waals surface area contributed by atoms with Gasteiger partial charge in [-0.25, -0.2) is 0 Å². The molecule has 2 aromatic heterocycles. The van der Waals surface area contributed by atoms with E-state index < -0.39 is 5.92 Å². The first-order chi connectivity index (χ1) is 12.8. The Balaban J connectivity index is 2.01. The van der Waals surface area contributed by atoms with Crippen molar-refractivity contribution in [2.75, 3.05) is 4.90 Å². The summed E-state index contributed by atoms with van der Waals surface area (Å²) < 4.78 is 6.06. The quantitative estimate of drug-likeness (QED) is 0.740. The van der Waals surface area contributed by atoms with Gasteiger partial charge < -0.3 is 10.2 Å². The van der Waals surface area contributed by atoms with Crippen molar-refractivity contribution in [1.29, 1.82) is 5.26 Å². The fourth-order valence-corrected chi connectivity index (χ4v) is 4.70. The molecule has 0 radical (unpaired) electrons. The van der Waals surface area contributed by atoms with Crippen LogP contribution in [0.5, 0.6) is 0 Å². The van der Waals surface area contributed by atoms with Crippen LogP contribution in [0.3, 0.4) is 0 Å². The van der Waals surface area contributed by atoms with Crippen LogP contribution < -0.4 is 10.6 Å². The Hall–Kier alpha value is -2.70. The number of ketones is 1. The van der Waals surface area contributed by atoms with Gasteiger partial charge in [-0.2, -0.15) is 5.26 Å². The fourth-order valence-electron chi connectivity index (χ4n) is 3.79. The molecule has 3 N–H and O–H groups in total. The maximum atomic E-state index is 13.2. The van der Waals surface area contributed by atoms with Gasteiger partial charge >= 0.3 is 0 Å². The minimum atomic E-state index is -0.605. The SMILES string of the molecule is CC1(C)CC(=O)C2=C(C1)N(c1n[nH]c(=S)s1)C(N)=C(C#N)C2c1ccco1. The lowest BCUT2D eigenvalue weighted by atomic mass is 9.69. The van der Waals surface area contributed by atoms with Crippen molar-refractivity contribution >= 4 is 34.5 Å². The average molecular weight is 400 g/mol. The van der Waals surface area contributed by atoms with Crippen molar-refractivity contribution in [3.8, 4) is 6.07 Å². The van der Waals surface area contributed by atoms with Crippen LogP contribution in [0.1, 0.15) is 38.4 Å². The summed E-state index contributed by atoms with van der Waals surface area (Å²) in [7, 11) is 0. The van der Waals surface area contributed by atoms with E-state index in [1.165, 1.54) is 17.6 Å². The number of nitrogens with two attached hydrogens (primary N) is 1. The standard InChI is InChI=1S/C18H17N5O2S2/c1-18(2)6-10-14(11(24)7-18)13(12-4-3-5-25-12)9(8-19)15(20)23(10)16-21-22-17(26)27-16/h3-5,13H,6-7,20H2,1-2H3,(H,22,26). The zero-order chi connectivity index (χ0) is 19.3. The summed E-state index contributed by atoms with van der Waals surface area (Å²) in [5.74, 6) is 0.170. The minimum absolute atomic E-state index is 0.00738. The summed E-state index contributed by atoms with van der Waals surface area (Å²) in [4.78, 5) is 14.9. The molecular formula is C18H17N5O2S2. The smallest absolute Gasteiger partial charge is 0.216 e. The highest BCUT2D eigenvalue weighted by atomic mass is 32.1. The summed E-state index contributed by atoms with van der Waals surface area (Å²) in [6, 6.07) is 5.68. The lowest BCUT2D eigenvalue weighted by molar-refractivity contribution is -0.118. The first-order valence-corrected chi connectivity index (χ1v) is 9.60. The van der Waals surface area contributed by atoms with Gasteiger partial charge in [-0.15, -0.1) is 5.10 Å². The van der Waals surface area contributed by atoms with Gasteiger partial charge in [-0.1, -0.05) is 25.2 Å². The molecule has 2 aromatic rings. The third-order valence-electron chi connectivity index (χ3n) is 4.83. The number of nitriles is 1. The highest BCUT2D eigenvalue weighted by molar-refractivity contribution is 7.73. The Morgan fingerprint density at radius 1 is 1.52 bits per heavy atom. The Morgan fingerprint density at radius 3 is 2.89 bits per heavy atom. The average Bonchev–Trinajstić information content (AvgIpc) is 3.24. The van der Waals surface area contributed by atoms with E-state index in [9.17, 15) is 10.1 Å². The summed E-state index contributed by atoms with van der Waals surface area (Å²) in [6.07, 6.45) is 2.55. The molecule has 0 aromatic carbocycles. The number of hydrogen-bond acceptors (Lipinski definition) is 8. The van der Waals surface area contributed by atoms with Crippen LogP contribution in [-0.4, -0.2) is 16.0 Å². The molecule has 0 fully saturated rings. The number of nitrogens with one attached hydrogen (secondary N) is 1. The van der Waals surface area contributed by atoms with Crippen LogP contribution in [0.15, 0.2) is 45.5 Å². The molecule has 1 unspecified atom stereocenters. The van der Waals surface area contributed by atoms with Gasteiger partial charge in [0.25, 0.3) is 0 Å². The molecule has 0 amide bonds. The summed E-state index contributed by atoms with van der Waals surface area (Å²) in [5, 5.41) is 17.3. The first kappa shape index (κ1) is 17.7. The number of nitrogens with zero attached hydrogens (tertiary/aromatic N) is 3. The highest BCUT2D eigenvalue weighted by Gasteiger charge is 2.46. The largest absolute Gasteiger partial charge is 0.468 e. The Kier molecular flexibility index (Phi) is 4.05. The van der Waals surface area contributed by atoms with E-state index in [1.807, 2.05) is 13.8 Å². The molecule has 138 valence electrons. The number of rotatable bonds is 2. The van der Waals surface area contributed by atoms with Crippen molar-refractivity contribution in [3.05, 3.63) is 50.8 Å². The molecule has 9 heteroatoms. The molecule has 27 heavy (non-hydrogen) atoms. The van der Waals surface area contributed by atoms with Crippen molar-refractivity contribution in [2.24, 2.45) is 11.1 Å². The summed E-state index contributed by atoms with van der Waals surface area (Å²) in [6.45, 7) is 4.09. The van der Waals surface area contributed by atoms with Crippen LogP contribution in [0.4, 0.5) is 5.13 Å². The number of allylic oxidation sites excluding steroid dienone is 3. The molecule has 7 nitrogen and oxygen atoms in total. The monoisotopic (exact) mass is 399 g/mol. The van der Waals surface area contributed by atoms with Crippen LogP contribution in [-0.2, 0) is 4.79 Å². The number of furan rings is 1. The van der Waals surface area contributed by atoms with E-state index >= 15 is 0 Å². The van der Waals surface area contributed by atoms with Crippen molar-refractivity contribution in [1.82, 2.24) is 10.2 Å². The highest BCUT2D eigenvalue weighted by Crippen LogP contribution is 2.50. The van der Waals surface area contributed by atoms with E-state index in [1.54, 1.807) is 17.0 Å². The van der Waals surface area contributed by atoms with Crippen LogP contribution in [0.2, 0.25) is 0 Å². The van der Waals surface area contributed by atoms with Gasteiger partial charge in [0.05, 0.1) is 23.8 Å². The second-order valence-corrected chi connectivity index (χ2v) is 9.04. The molecule has 3 heterocycles. The molecule has 1 aliphatic carbocycles. The lowest BCUT2D eigenvalue weighted by Crippen LogP contribution is -2.42. The van der Waals surface area contributed by atoms with Crippen LogP contribution in [0.25, 0.3) is 0 Å². The van der Waals surface area contributed by atoms with E-state index in [-0.39, 0.29) is 22.6 Å². The number of carbonyl (C=O) groups is 1. The molecule has 0 bridgehead atoms.